The molecule has 1 aromatic carbocycles. The van der Waals surface area contributed by atoms with E-state index in [9.17, 15) is 9.59 Å². The smallest absolute Gasteiger partial charge is 0.292 e. The van der Waals surface area contributed by atoms with Crippen LogP contribution in [0.1, 0.15) is 18.2 Å². The van der Waals surface area contributed by atoms with Gasteiger partial charge in [0, 0.05) is 18.8 Å². The van der Waals surface area contributed by atoms with Gasteiger partial charge >= 0.3 is 5.69 Å². The van der Waals surface area contributed by atoms with Crippen molar-refractivity contribution in [1.82, 2.24) is 18.5 Å². The minimum atomic E-state index is -0.146. The molecule has 0 radical (unpaired) electrons. The van der Waals surface area contributed by atoms with Crippen LogP contribution in [0.2, 0.25) is 0 Å². The maximum atomic E-state index is 12.7. The molecule has 6 heteroatoms. The van der Waals surface area contributed by atoms with Gasteiger partial charge in [0.25, 0.3) is 5.56 Å². The summed E-state index contributed by atoms with van der Waals surface area (Å²) in [6.07, 6.45) is 1.72. The second-order valence-corrected chi connectivity index (χ2v) is 6.12. The molecule has 126 valence electrons. The third kappa shape index (κ3) is 2.46. The highest BCUT2D eigenvalue weighted by molar-refractivity contribution is 5.76. The summed E-state index contributed by atoms with van der Waals surface area (Å²) in [7, 11) is 0. The molecule has 0 aliphatic heterocycles. The van der Waals surface area contributed by atoms with Crippen LogP contribution in [0.15, 0.2) is 58.3 Å². The van der Waals surface area contributed by atoms with Gasteiger partial charge in [0.2, 0.25) is 0 Å². The summed E-state index contributed by atoms with van der Waals surface area (Å²) in [5.74, 6) is 0. The van der Waals surface area contributed by atoms with E-state index in [0.29, 0.717) is 17.9 Å². The van der Waals surface area contributed by atoms with Crippen LogP contribution in [-0.4, -0.2) is 18.5 Å². The van der Waals surface area contributed by atoms with E-state index in [2.05, 4.69) is 4.98 Å². The summed E-state index contributed by atoms with van der Waals surface area (Å²) in [5, 5.41) is 0. The summed E-state index contributed by atoms with van der Waals surface area (Å²) in [6, 6.07) is 12.9. The van der Waals surface area contributed by atoms with Crippen molar-refractivity contribution in [2.24, 2.45) is 0 Å². The third-order valence-corrected chi connectivity index (χ3v) is 4.44. The zero-order valence-electron chi connectivity index (χ0n) is 14.1. The number of aryl methyl sites for hydroxylation is 2. The fourth-order valence-corrected chi connectivity index (χ4v) is 3.23. The van der Waals surface area contributed by atoms with E-state index in [0.717, 1.165) is 16.6 Å². The Morgan fingerprint density at radius 2 is 1.72 bits per heavy atom. The molecule has 25 heavy (non-hydrogen) atoms. The molecule has 4 aromatic rings. The second-order valence-electron chi connectivity index (χ2n) is 6.12. The normalized spacial score (nSPS) is 11.4. The van der Waals surface area contributed by atoms with Gasteiger partial charge in [-0.05, 0) is 43.7 Å². The van der Waals surface area contributed by atoms with Gasteiger partial charge in [-0.15, -0.1) is 0 Å². The number of pyridine rings is 1. The molecule has 6 nitrogen and oxygen atoms in total. The lowest BCUT2D eigenvalue weighted by Gasteiger charge is -2.06. The molecular formula is C19H18N4O2. The van der Waals surface area contributed by atoms with E-state index in [4.69, 9.17) is 0 Å². The molecule has 3 aromatic heterocycles. The first kappa shape index (κ1) is 15.4. The van der Waals surface area contributed by atoms with Crippen LogP contribution < -0.4 is 11.2 Å². The van der Waals surface area contributed by atoms with Crippen LogP contribution in [0.4, 0.5) is 0 Å². The molecule has 0 unspecified atom stereocenters. The highest BCUT2D eigenvalue weighted by Gasteiger charge is 2.13. The number of benzene rings is 1. The highest BCUT2D eigenvalue weighted by Crippen LogP contribution is 2.14. The van der Waals surface area contributed by atoms with Gasteiger partial charge in [0.1, 0.15) is 5.65 Å². The number of imidazole rings is 1. The molecule has 0 spiro atoms. The molecule has 0 atom stereocenters. The molecule has 4 rings (SSSR count). The lowest BCUT2D eigenvalue weighted by molar-refractivity contribution is 0.676. The Morgan fingerprint density at radius 1 is 1.00 bits per heavy atom. The summed E-state index contributed by atoms with van der Waals surface area (Å²) in [6.45, 7) is 4.77. The van der Waals surface area contributed by atoms with Crippen LogP contribution in [0.25, 0.3) is 16.7 Å². The van der Waals surface area contributed by atoms with Crippen molar-refractivity contribution in [3.8, 4) is 0 Å². The number of rotatable bonds is 3. The van der Waals surface area contributed by atoms with Crippen LogP contribution in [-0.2, 0) is 13.1 Å². The van der Waals surface area contributed by atoms with E-state index in [1.54, 1.807) is 15.3 Å². The van der Waals surface area contributed by atoms with E-state index >= 15 is 0 Å². The van der Waals surface area contributed by atoms with E-state index in [-0.39, 0.29) is 17.8 Å². The molecule has 0 N–H and O–H groups in total. The van der Waals surface area contributed by atoms with E-state index in [1.165, 1.54) is 10.5 Å². The number of hydrogen-bond acceptors (Lipinski definition) is 3. The van der Waals surface area contributed by atoms with Gasteiger partial charge in [0.05, 0.1) is 23.3 Å². The second kappa shape index (κ2) is 5.73. The van der Waals surface area contributed by atoms with Crippen molar-refractivity contribution in [2.45, 2.75) is 26.9 Å². The molecule has 0 bridgehead atoms. The summed E-state index contributed by atoms with van der Waals surface area (Å²) >= 11 is 0. The Hall–Kier alpha value is -3.15. The summed E-state index contributed by atoms with van der Waals surface area (Å²) in [4.78, 5) is 29.7. The Bertz CT molecular complexity index is 1210. The van der Waals surface area contributed by atoms with Crippen molar-refractivity contribution >= 4 is 16.7 Å². The van der Waals surface area contributed by atoms with Crippen LogP contribution in [0.5, 0.6) is 0 Å². The highest BCUT2D eigenvalue weighted by atomic mass is 16.1. The van der Waals surface area contributed by atoms with Gasteiger partial charge in [-0.2, -0.15) is 0 Å². The monoisotopic (exact) mass is 334 g/mol. The Balaban J connectivity index is 1.90. The maximum absolute atomic E-state index is 12.7. The molecule has 0 saturated heterocycles. The number of para-hydroxylation sites is 2. The predicted octanol–water partition coefficient (Wildman–Crippen LogP) is 2.19. The molecule has 0 amide bonds. The lowest BCUT2D eigenvalue weighted by atomic mass is 10.3. The molecule has 0 aliphatic rings. The van der Waals surface area contributed by atoms with Gasteiger partial charge in [-0.1, -0.05) is 12.1 Å². The largest absolute Gasteiger partial charge is 0.329 e. The minimum absolute atomic E-state index is 0.0880. The van der Waals surface area contributed by atoms with Crippen molar-refractivity contribution in [3.63, 3.8) is 0 Å². The molecule has 0 fully saturated rings. The average Bonchev–Trinajstić information content (AvgIpc) is 2.86. The van der Waals surface area contributed by atoms with Crippen molar-refractivity contribution in [1.29, 1.82) is 0 Å². The van der Waals surface area contributed by atoms with Crippen molar-refractivity contribution in [3.05, 3.63) is 80.8 Å². The van der Waals surface area contributed by atoms with E-state index < -0.39 is 0 Å². The number of hydrogen-bond donors (Lipinski definition) is 0. The third-order valence-electron chi connectivity index (χ3n) is 4.44. The quantitative estimate of drug-likeness (QED) is 0.577. The predicted molar refractivity (Wildman–Crippen MR) is 97.2 cm³/mol. The topological polar surface area (TPSA) is 61.3 Å². The van der Waals surface area contributed by atoms with Gasteiger partial charge in [-0.25, -0.2) is 9.78 Å². The van der Waals surface area contributed by atoms with Gasteiger partial charge in [-0.3, -0.25) is 18.3 Å². The van der Waals surface area contributed by atoms with Gasteiger partial charge in [0.15, 0.2) is 0 Å². The van der Waals surface area contributed by atoms with Crippen LogP contribution in [0.3, 0.4) is 0 Å². The molecule has 0 saturated carbocycles. The summed E-state index contributed by atoms with van der Waals surface area (Å²) in [5.41, 5.74) is 3.71. The lowest BCUT2D eigenvalue weighted by Crippen LogP contribution is -2.25. The Kier molecular flexibility index (Phi) is 3.53. The first-order valence-electron chi connectivity index (χ1n) is 8.25. The van der Waals surface area contributed by atoms with E-state index in [1.807, 2.05) is 50.2 Å². The molecular weight excluding hydrogens is 316 g/mol. The van der Waals surface area contributed by atoms with Crippen molar-refractivity contribution < 1.29 is 0 Å². The first-order valence-corrected chi connectivity index (χ1v) is 8.25. The average molecular weight is 334 g/mol. The molecule has 0 aliphatic carbocycles. The van der Waals surface area contributed by atoms with Crippen LogP contribution >= 0.6 is 0 Å². The Labute approximate surface area is 143 Å². The zero-order chi connectivity index (χ0) is 17.6. The number of aromatic nitrogens is 4. The van der Waals surface area contributed by atoms with Crippen LogP contribution in [0, 0.1) is 6.92 Å². The SMILES string of the molecule is CCn1c(=O)n(Cc2cc(=O)n3ccc(C)cc3n2)c2ccccc21. The molecule has 3 heterocycles. The fourth-order valence-electron chi connectivity index (χ4n) is 3.23. The summed E-state index contributed by atoms with van der Waals surface area (Å²) < 4.78 is 4.91. The standard InChI is InChI=1S/C19H18N4O2/c1-3-21-15-6-4-5-7-16(15)23(19(21)25)12-14-11-18(24)22-9-8-13(2)10-17(22)20-14/h4-11H,3,12H2,1-2H3. The fraction of sp³-hybridized carbons (Fsp3) is 0.211. The minimum Gasteiger partial charge on any atom is -0.292 e. The number of fused-ring (bicyclic) bond motifs is 2. The Morgan fingerprint density at radius 3 is 2.44 bits per heavy atom. The first-order chi connectivity index (χ1) is 12.1. The maximum Gasteiger partial charge on any atom is 0.329 e. The number of nitrogens with zero attached hydrogens (tertiary/aromatic N) is 4. The zero-order valence-corrected chi connectivity index (χ0v) is 14.1. The van der Waals surface area contributed by atoms with Gasteiger partial charge < -0.3 is 0 Å². The van der Waals surface area contributed by atoms with Crippen molar-refractivity contribution in [2.75, 3.05) is 0 Å².